The van der Waals surface area contributed by atoms with E-state index in [1.54, 1.807) is 30.3 Å². The lowest BCUT2D eigenvalue weighted by atomic mass is 9.99. The van der Waals surface area contributed by atoms with E-state index in [4.69, 9.17) is 22.1 Å². The molecule has 2 aromatic rings. The number of anilines is 1. The minimum atomic E-state index is -0.183. The number of hydrogen-bond donors (Lipinski definition) is 1. The molecule has 0 atom stereocenters. The van der Waals surface area contributed by atoms with Crippen molar-refractivity contribution >= 4 is 23.1 Å². The molecule has 0 spiro atoms. The molecular formula is C16H16ClNO2. The van der Waals surface area contributed by atoms with Crippen LogP contribution in [0.5, 0.6) is 5.75 Å². The Kier molecular flexibility index (Phi) is 4.30. The number of hydrogen-bond acceptors (Lipinski definition) is 3. The summed E-state index contributed by atoms with van der Waals surface area (Å²) in [6.07, 6.45) is 0. The summed E-state index contributed by atoms with van der Waals surface area (Å²) in [4.78, 5) is 12.6. The number of ketones is 1. The van der Waals surface area contributed by atoms with Crippen LogP contribution >= 0.6 is 11.6 Å². The largest absolute Gasteiger partial charge is 0.493 e. The third kappa shape index (κ3) is 2.78. The topological polar surface area (TPSA) is 52.3 Å². The van der Waals surface area contributed by atoms with Crippen LogP contribution in [0.1, 0.15) is 28.4 Å². The van der Waals surface area contributed by atoms with Crippen molar-refractivity contribution in [3.8, 4) is 5.75 Å². The number of para-hydroxylation sites is 1. The summed E-state index contributed by atoms with van der Waals surface area (Å²) >= 11 is 5.97. The number of nitrogens with two attached hydrogens (primary N) is 1. The van der Waals surface area contributed by atoms with Gasteiger partial charge >= 0.3 is 0 Å². The van der Waals surface area contributed by atoms with Gasteiger partial charge < -0.3 is 10.5 Å². The molecule has 0 aliphatic carbocycles. The van der Waals surface area contributed by atoms with Crippen LogP contribution in [0.2, 0.25) is 5.02 Å². The molecule has 0 aromatic heterocycles. The molecule has 0 radical (unpaired) electrons. The highest BCUT2D eigenvalue weighted by Crippen LogP contribution is 2.28. The zero-order valence-corrected chi connectivity index (χ0v) is 12.2. The van der Waals surface area contributed by atoms with Crippen LogP contribution in [0.4, 0.5) is 5.69 Å². The summed E-state index contributed by atoms with van der Waals surface area (Å²) in [5.74, 6) is 0.375. The highest BCUT2D eigenvalue weighted by atomic mass is 35.5. The predicted molar refractivity (Wildman–Crippen MR) is 81.6 cm³/mol. The summed E-state index contributed by atoms with van der Waals surface area (Å²) in [5.41, 5.74) is 8.06. The van der Waals surface area contributed by atoms with Crippen molar-refractivity contribution in [1.29, 1.82) is 0 Å². The average molecular weight is 290 g/mol. The lowest BCUT2D eigenvalue weighted by molar-refractivity contribution is 0.103. The van der Waals surface area contributed by atoms with Crippen LogP contribution in [0, 0.1) is 6.92 Å². The minimum Gasteiger partial charge on any atom is -0.493 e. The Bertz CT molecular complexity index is 653. The fourth-order valence-corrected chi connectivity index (χ4v) is 2.16. The molecule has 0 saturated heterocycles. The Labute approximate surface area is 123 Å². The van der Waals surface area contributed by atoms with Gasteiger partial charge in [0.1, 0.15) is 5.75 Å². The zero-order valence-electron chi connectivity index (χ0n) is 11.4. The van der Waals surface area contributed by atoms with Gasteiger partial charge in [-0.1, -0.05) is 29.3 Å². The van der Waals surface area contributed by atoms with E-state index in [1.807, 2.05) is 19.9 Å². The van der Waals surface area contributed by atoms with E-state index in [-0.39, 0.29) is 5.78 Å². The molecule has 0 heterocycles. The van der Waals surface area contributed by atoms with Gasteiger partial charge in [0.15, 0.2) is 5.78 Å². The molecule has 0 fully saturated rings. The second-order valence-corrected chi connectivity index (χ2v) is 4.87. The van der Waals surface area contributed by atoms with Crippen molar-refractivity contribution in [1.82, 2.24) is 0 Å². The quantitative estimate of drug-likeness (QED) is 0.687. The summed E-state index contributed by atoms with van der Waals surface area (Å²) in [7, 11) is 0. The van der Waals surface area contributed by atoms with Crippen molar-refractivity contribution in [2.24, 2.45) is 0 Å². The van der Waals surface area contributed by atoms with Crippen LogP contribution in [0.15, 0.2) is 36.4 Å². The SMILES string of the molecule is CCOc1ccc(C)cc1C(=O)c1cccc(Cl)c1N. The van der Waals surface area contributed by atoms with Gasteiger partial charge in [0.2, 0.25) is 0 Å². The van der Waals surface area contributed by atoms with E-state index in [1.165, 1.54) is 0 Å². The van der Waals surface area contributed by atoms with E-state index >= 15 is 0 Å². The van der Waals surface area contributed by atoms with E-state index in [0.29, 0.717) is 34.2 Å². The second kappa shape index (κ2) is 5.97. The first-order valence-electron chi connectivity index (χ1n) is 6.36. The molecule has 2 aromatic carbocycles. The van der Waals surface area contributed by atoms with Crippen molar-refractivity contribution in [2.75, 3.05) is 12.3 Å². The van der Waals surface area contributed by atoms with Gasteiger partial charge in [-0.25, -0.2) is 0 Å². The second-order valence-electron chi connectivity index (χ2n) is 4.46. The molecular weight excluding hydrogens is 274 g/mol. The van der Waals surface area contributed by atoms with Crippen LogP contribution in [-0.4, -0.2) is 12.4 Å². The number of carbonyl (C=O) groups is 1. The molecule has 0 aliphatic heterocycles. The Balaban J connectivity index is 2.52. The van der Waals surface area contributed by atoms with Gasteiger partial charge in [-0.3, -0.25) is 4.79 Å². The smallest absolute Gasteiger partial charge is 0.198 e. The highest BCUT2D eigenvalue weighted by Gasteiger charge is 2.18. The van der Waals surface area contributed by atoms with Crippen LogP contribution < -0.4 is 10.5 Å². The van der Waals surface area contributed by atoms with Gasteiger partial charge in [0.05, 0.1) is 22.9 Å². The van der Waals surface area contributed by atoms with Gasteiger partial charge in [-0.2, -0.15) is 0 Å². The van der Waals surface area contributed by atoms with E-state index in [9.17, 15) is 4.79 Å². The molecule has 0 bridgehead atoms. The van der Waals surface area contributed by atoms with Crippen molar-refractivity contribution in [2.45, 2.75) is 13.8 Å². The Morgan fingerprint density at radius 3 is 2.70 bits per heavy atom. The summed E-state index contributed by atoms with van der Waals surface area (Å²) in [5, 5.41) is 0.376. The summed E-state index contributed by atoms with van der Waals surface area (Å²) < 4.78 is 5.51. The lowest BCUT2D eigenvalue weighted by Gasteiger charge is -2.12. The maximum atomic E-state index is 12.6. The maximum absolute atomic E-state index is 12.6. The molecule has 4 heteroatoms. The molecule has 0 aliphatic rings. The molecule has 20 heavy (non-hydrogen) atoms. The molecule has 0 amide bonds. The zero-order chi connectivity index (χ0) is 14.7. The standard InChI is InChI=1S/C16H16ClNO2/c1-3-20-14-8-7-10(2)9-12(14)16(19)11-5-4-6-13(17)15(11)18/h4-9H,3,18H2,1-2H3. The molecule has 3 nitrogen and oxygen atoms in total. The normalized spacial score (nSPS) is 10.3. The molecule has 104 valence electrons. The lowest BCUT2D eigenvalue weighted by Crippen LogP contribution is -2.08. The number of aryl methyl sites for hydroxylation is 1. The first-order valence-corrected chi connectivity index (χ1v) is 6.74. The Morgan fingerprint density at radius 1 is 1.25 bits per heavy atom. The molecule has 2 N–H and O–H groups in total. The van der Waals surface area contributed by atoms with Crippen LogP contribution in [-0.2, 0) is 0 Å². The Hall–Kier alpha value is -2.00. The third-order valence-corrected chi connectivity index (χ3v) is 3.31. The fraction of sp³-hybridized carbons (Fsp3) is 0.188. The summed E-state index contributed by atoms with van der Waals surface area (Å²) in [6, 6.07) is 10.5. The first kappa shape index (κ1) is 14.4. The van der Waals surface area contributed by atoms with E-state index < -0.39 is 0 Å². The third-order valence-electron chi connectivity index (χ3n) is 2.98. The number of rotatable bonds is 4. The van der Waals surface area contributed by atoms with Gasteiger partial charge in [0.25, 0.3) is 0 Å². The fourth-order valence-electron chi connectivity index (χ4n) is 1.98. The maximum Gasteiger partial charge on any atom is 0.198 e. The number of ether oxygens (including phenoxy) is 1. The number of halogens is 1. The van der Waals surface area contributed by atoms with Crippen LogP contribution in [0.3, 0.4) is 0 Å². The van der Waals surface area contributed by atoms with Gasteiger partial charge in [0, 0.05) is 5.56 Å². The van der Waals surface area contributed by atoms with Gasteiger partial charge in [-0.05, 0) is 38.1 Å². The number of nitrogen functional groups attached to an aromatic ring is 1. The Morgan fingerprint density at radius 2 is 2.00 bits per heavy atom. The number of carbonyl (C=O) groups excluding carboxylic acids is 1. The van der Waals surface area contributed by atoms with Gasteiger partial charge in [-0.15, -0.1) is 0 Å². The average Bonchev–Trinajstić information content (AvgIpc) is 2.43. The highest BCUT2D eigenvalue weighted by molar-refractivity contribution is 6.34. The molecule has 2 rings (SSSR count). The minimum absolute atomic E-state index is 0.183. The van der Waals surface area contributed by atoms with Crippen molar-refractivity contribution in [3.63, 3.8) is 0 Å². The number of benzene rings is 2. The van der Waals surface area contributed by atoms with Crippen molar-refractivity contribution < 1.29 is 9.53 Å². The van der Waals surface area contributed by atoms with E-state index in [0.717, 1.165) is 5.56 Å². The summed E-state index contributed by atoms with van der Waals surface area (Å²) in [6.45, 7) is 4.30. The molecule has 0 saturated carbocycles. The predicted octanol–water partition coefficient (Wildman–Crippen LogP) is 3.86. The van der Waals surface area contributed by atoms with Crippen LogP contribution in [0.25, 0.3) is 0 Å². The monoisotopic (exact) mass is 289 g/mol. The first-order chi connectivity index (χ1) is 9.54. The van der Waals surface area contributed by atoms with Crippen molar-refractivity contribution in [3.05, 3.63) is 58.1 Å². The molecule has 0 unspecified atom stereocenters. The van der Waals surface area contributed by atoms with E-state index in [2.05, 4.69) is 0 Å².